The van der Waals surface area contributed by atoms with Crippen LogP contribution in [0.4, 0.5) is 5.82 Å². The molecule has 0 aliphatic heterocycles. The van der Waals surface area contributed by atoms with Crippen LogP contribution in [0.25, 0.3) is 0 Å². The van der Waals surface area contributed by atoms with Crippen molar-refractivity contribution in [2.45, 2.75) is 11.0 Å². The number of hydrogen-bond donors (Lipinski definition) is 3. The number of rotatable bonds is 6. The smallest absolute Gasteiger partial charge is 0.244 e. The van der Waals surface area contributed by atoms with Gasteiger partial charge in [-0.25, -0.2) is 17.7 Å². The van der Waals surface area contributed by atoms with E-state index < -0.39 is 16.1 Å². The summed E-state index contributed by atoms with van der Waals surface area (Å²) in [5, 5.41) is 20.5. The monoisotopic (exact) mass is 275 g/mol. The van der Waals surface area contributed by atoms with Crippen LogP contribution in [-0.2, 0) is 10.0 Å². The van der Waals surface area contributed by atoms with Gasteiger partial charge in [-0.3, -0.25) is 0 Å². The van der Waals surface area contributed by atoms with E-state index in [2.05, 4.69) is 10.3 Å². The molecule has 1 atom stereocenters. The first-order valence-corrected chi connectivity index (χ1v) is 6.73. The molecule has 0 saturated heterocycles. The maximum atomic E-state index is 11.7. The average molecular weight is 275 g/mol. The molecule has 1 aromatic rings. The first-order chi connectivity index (χ1) is 8.37. The molecule has 0 radical (unpaired) electrons. The summed E-state index contributed by atoms with van der Waals surface area (Å²) in [5.74, 6) is 0.431. The highest BCUT2D eigenvalue weighted by Crippen LogP contribution is 2.13. The van der Waals surface area contributed by atoms with E-state index in [1.807, 2.05) is 0 Å². The second-order valence-corrected chi connectivity index (χ2v) is 6.04. The van der Waals surface area contributed by atoms with E-state index >= 15 is 0 Å². The fourth-order valence-electron chi connectivity index (χ4n) is 1.14. The van der Waals surface area contributed by atoms with Crippen LogP contribution < -0.4 is 5.32 Å². The summed E-state index contributed by atoms with van der Waals surface area (Å²) >= 11 is 0. The SMILES string of the molecule is CN(C)S(=O)(=O)c1ccc(NCC(O)CO)nc1. The van der Waals surface area contributed by atoms with Gasteiger partial charge >= 0.3 is 0 Å². The number of nitrogens with one attached hydrogen (secondary N) is 1. The van der Waals surface area contributed by atoms with Gasteiger partial charge in [0.2, 0.25) is 10.0 Å². The largest absolute Gasteiger partial charge is 0.394 e. The molecule has 1 rings (SSSR count). The van der Waals surface area contributed by atoms with E-state index in [1.54, 1.807) is 0 Å². The number of pyridine rings is 1. The molecule has 0 bridgehead atoms. The van der Waals surface area contributed by atoms with E-state index in [0.717, 1.165) is 4.31 Å². The van der Waals surface area contributed by atoms with Crippen molar-refractivity contribution >= 4 is 15.8 Å². The molecular weight excluding hydrogens is 258 g/mol. The zero-order valence-electron chi connectivity index (χ0n) is 10.2. The third-order valence-corrected chi connectivity index (χ3v) is 4.04. The Morgan fingerprint density at radius 3 is 2.56 bits per heavy atom. The van der Waals surface area contributed by atoms with E-state index in [0.29, 0.717) is 5.82 Å². The average Bonchev–Trinajstić information content (AvgIpc) is 2.36. The molecule has 7 nitrogen and oxygen atoms in total. The molecule has 3 N–H and O–H groups in total. The predicted molar refractivity (Wildman–Crippen MR) is 66.7 cm³/mol. The normalized spacial score (nSPS) is 13.6. The Morgan fingerprint density at radius 1 is 1.44 bits per heavy atom. The molecule has 0 aliphatic rings. The molecule has 0 amide bonds. The second kappa shape index (κ2) is 6.10. The Kier molecular flexibility index (Phi) is 5.03. The van der Waals surface area contributed by atoms with Gasteiger partial charge in [0.1, 0.15) is 10.7 Å². The lowest BCUT2D eigenvalue weighted by atomic mass is 10.3. The van der Waals surface area contributed by atoms with Crippen molar-refractivity contribution in [1.82, 2.24) is 9.29 Å². The van der Waals surface area contributed by atoms with Crippen LogP contribution in [0, 0.1) is 0 Å². The van der Waals surface area contributed by atoms with Gasteiger partial charge in [0.25, 0.3) is 0 Å². The molecule has 1 unspecified atom stereocenters. The van der Waals surface area contributed by atoms with Crippen molar-refractivity contribution in [3.8, 4) is 0 Å². The van der Waals surface area contributed by atoms with E-state index in [-0.39, 0.29) is 18.0 Å². The highest BCUT2D eigenvalue weighted by atomic mass is 32.2. The highest BCUT2D eigenvalue weighted by molar-refractivity contribution is 7.89. The predicted octanol–water partition coefficient (Wildman–Crippen LogP) is -0.903. The lowest BCUT2D eigenvalue weighted by molar-refractivity contribution is 0.105. The van der Waals surface area contributed by atoms with E-state index in [4.69, 9.17) is 10.2 Å². The van der Waals surface area contributed by atoms with Crippen molar-refractivity contribution in [1.29, 1.82) is 0 Å². The maximum Gasteiger partial charge on any atom is 0.244 e. The summed E-state index contributed by atoms with van der Waals surface area (Å²) in [6.07, 6.45) is 0.361. The lowest BCUT2D eigenvalue weighted by Crippen LogP contribution is -2.24. The van der Waals surface area contributed by atoms with Gasteiger partial charge in [-0.1, -0.05) is 0 Å². The van der Waals surface area contributed by atoms with Gasteiger partial charge in [0, 0.05) is 26.8 Å². The zero-order chi connectivity index (χ0) is 13.8. The minimum atomic E-state index is -3.48. The topological polar surface area (TPSA) is 103 Å². The van der Waals surface area contributed by atoms with Gasteiger partial charge in [-0.15, -0.1) is 0 Å². The van der Waals surface area contributed by atoms with Gasteiger partial charge in [-0.05, 0) is 12.1 Å². The standard InChI is InChI=1S/C10H17N3O4S/c1-13(2)18(16,17)9-3-4-10(12-6-9)11-5-8(15)7-14/h3-4,6,8,14-15H,5,7H2,1-2H3,(H,11,12). The Morgan fingerprint density at radius 2 is 2.11 bits per heavy atom. The minimum Gasteiger partial charge on any atom is -0.394 e. The van der Waals surface area contributed by atoms with Crippen LogP contribution in [0.5, 0.6) is 0 Å². The number of hydrogen-bond acceptors (Lipinski definition) is 6. The molecule has 8 heteroatoms. The molecular formula is C10H17N3O4S. The summed E-state index contributed by atoms with van der Waals surface area (Å²) in [5.41, 5.74) is 0. The van der Waals surface area contributed by atoms with Crippen molar-refractivity contribution in [3.63, 3.8) is 0 Å². The quantitative estimate of drug-likeness (QED) is 0.621. The van der Waals surface area contributed by atoms with Crippen molar-refractivity contribution in [2.75, 3.05) is 32.6 Å². The number of aliphatic hydroxyl groups excluding tert-OH is 2. The Bertz CT molecular complexity index is 472. The molecule has 0 aromatic carbocycles. The van der Waals surface area contributed by atoms with Crippen molar-refractivity contribution in [3.05, 3.63) is 18.3 Å². The summed E-state index contributed by atoms with van der Waals surface area (Å²) < 4.78 is 24.6. The maximum absolute atomic E-state index is 11.7. The number of sulfonamides is 1. The van der Waals surface area contributed by atoms with E-state index in [1.165, 1.54) is 32.4 Å². The first-order valence-electron chi connectivity index (χ1n) is 5.29. The lowest BCUT2D eigenvalue weighted by Gasteiger charge is -2.12. The number of aliphatic hydroxyl groups is 2. The molecule has 0 aliphatic carbocycles. The molecule has 0 saturated carbocycles. The summed E-state index contributed by atoms with van der Waals surface area (Å²) in [4.78, 5) is 4.02. The van der Waals surface area contributed by atoms with Crippen LogP contribution >= 0.6 is 0 Å². The molecule has 0 spiro atoms. The van der Waals surface area contributed by atoms with Crippen LogP contribution in [-0.4, -0.2) is 61.3 Å². The van der Waals surface area contributed by atoms with Crippen LogP contribution in [0.15, 0.2) is 23.2 Å². The zero-order valence-corrected chi connectivity index (χ0v) is 11.1. The Balaban J connectivity index is 2.75. The van der Waals surface area contributed by atoms with Gasteiger partial charge in [0.15, 0.2) is 0 Å². The first kappa shape index (κ1) is 14.8. The fraction of sp³-hybridized carbons (Fsp3) is 0.500. The summed E-state index contributed by atoms with van der Waals surface area (Å²) in [6, 6.07) is 2.93. The third-order valence-electron chi connectivity index (χ3n) is 2.24. The molecule has 0 fully saturated rings. The highest BCUT2D eigenvalue weighted by Gasteiger charge is 2.17. The molecule has 102 valence electrons. The van der Waals surface area contributed by atoms with Crippen LogP contribution in [0.2, 0.25) is 0 Å². The third kappa shape index (κ3) is 3.64. The Hall–Kier alpha value is -1.22. The number of aromatic nitrogens is 1. The summed E-state index contributed by atoms with van der Waals surface area (Å²) in [6.45, 7) is -0.205. The van der Waals surface area contributed by atoms with Crippen LogP contribution in [0.1, 0.15) is 0 Å². The molecule has 18 heavy (non-hydrogen) atoms. The number of nitrogens with zero attached hydrogens (tertiary/aromatic N) is 2. The number of anilines is 1. The Labute approximate surface area is 106 Å². The van der Waals surface area contributed by atoms with Gasteiger partial charge < -0.3 is 15.5 Å². The minimum absolute atomic E-state index is 0.0979. The van der Waals surface area contributed by atoms with Crippen LogP contribution in [0.3, 0.4) is 0 Å². The molecule has 1 heterocycles. The van der Waals surface area contributed by atoms with Gasteiger partial charge in [-0.2, -0.15) is 0 Å². The van der Waals surface area contributed by atoms with E-state index in [9.17, 15) is 8.42 Å². The molecule has 1 aromatic heterocycles. The van der Waals surface area contributed by atoms with Crippen molar-refractivity contribution < 1.29 is 18.6 Å². The fourth-order valence-corrected chi connectivity index (χ4v) is 1.98. The second-order valence-electron chi connectivity index (χ2n) is 3.88. The van der Waals surface area contributed by atoms with Gasteiger partial charge in [0.05, 0.1) is 12.7 Å². The summed E-state index contributed by atoms with van der Waals surface area (Å²) in [7, 11) is -0.589. The van der Waals surface area contributed by atoms with Crippen molar-refractivity contribution in [2.24, 2.45) is 0 Å².